The van der Waals surface area contributed by atoms with Crippen LogP contribution in [0.1, 0.15) is 45.6 Å². The number of allylic oxidation sites excluding steroid dienone is 1. The fourth-order valence-corrected chi connectivity index (χ4v) is 4.50. The van der Waals surface area contributed by atoms with E-state index in [0.29, 0.717) is 17.7 Å². The quantitative estimate of drug-likeness (QED) is 0.255. The fourth-order valence-electron chi connectivity index (χ4n) is 4.50. The van der Waals surface area contributed by atoms with Gasteiger partial charge in [-0.2, -0.15) is 0 Å². The number of nitrogens with zero attached hydrogens (tertiary/aromatic N) is 2. The van der Waals surface area contributed by atoms with Crippen LogP contribution in [0, 0.1) is 11.6 Å². The summed E-state index contributed by atoms with van der Waals surface area (Å²) in [5.74, 6) is -2.78. The molecule has 1 aliphatic heterocycles. The topological polar surface area (TPSA) is 106 Å². The van der Waals surface area contributed by atoms with Gasteiger partial charge in [0.15, 0.2) is 17.4 Å². The highest BCUT2D eigenvalue weighted by Gasteiger charge is 2.24. The number of carbonyl (C=O) groups excluding carboxylic acids is 2. The third-order valence-corrected chi connectivity index (χ3v) is 6.55. The molecule has 3 heterocycles. The number of carbonyl (C=O) groups is 2. The predicted octanol–water partition coefficient (Wildman–Crippen LogP) is 4.37. The minimum absolute atomic E-state index is 0.0137. The van der Waals surface area contributed by atoms with E-state index in [1.165, 1.54) is 19.3 Å². The minimum atomic E-state index is -1.10. The molecular weight excluding hydrogens is 518 g/mol. The smallest absolute Gasteiger partial charge is 0.331 e. The maximum atomic E-state index is 13.6. The molecule has 0 spiro atoms. The van der Waals surface area contributed by atoms with Gasteiger partial charge in [-0.25, -0.2) is 13.6 Å². The molecule has 0 radical (unpaired) electrons. The number of hydrogen-bond acceptors (Lipinski definition) is 4. The van der Waals surface area contributed by atoms with Crippen molar-refractivity contribution in [3.05, 3.63) is 127 Å². The first-order valence-electron chi connectivity index (χ1n) is 12.5. The highest BCUT2D eigenvalue weighted by Crippen LogP contribution is 2.34. The molecule has 0 saturated carbocycles. The van der Waals surface area contributed by atoms with E-state index < -0.39 is 28.7 Å². The number of rotatable bonds is 8. The van der Waals surface area contributed by atoms with E-state index in [1.807, 2.05) is 36.4 Å². The lowest BCUT2D eigenvalue weighted by Crippen LogP contribution is -2.41. The van der Waals surface area contributed by atoms with Crippen LogP contribution in [0.2, 0.25) is 0 Å². The van der Waals surface area contributed by atoms with E-state index in [0.717, 1.165) is 38.1 Å². The number of aromatic nitrogens is 3. The highest BCUT2D eigenvalue weighted by molar-refractivity contribution is 6.34. The summed E-state index contributed by atoms with van der Waals surface area (Å²) in [6.45, 7) is -0.305. The summed E-state index contributed by atoms with van der Waals surface area (Å²) in [5, 5.41) is 2.86. The first-order chi connectivity index (χ1) is 19.2. The Balaban J connectivity index is 1.27. The van der Waals surface area contributed by atoms with Crippen molar-refractivity contribution < 1.29 is 18.4 Å². The SMILES string of the molecule is Cn1cc(C(=O)CC/C=C/c2ccc3c(c2)NC(=O)/C3=C\c2ccc[nH]2)c(=O)n(Cc2ccc(F)c(F)c2)c1=O. The summed E-state index contributed by atoms with van der Waals surface area (Å²) in [7, 11) is 1.41. The number of amides is 1. The summed E-state index contributed by atoms with van der Waals surface area (Å²) in [4.78, 5) is 53.9. The van der Waals surface area contributed by atoms with Crippen LogP contribution in [0.4, 0.5) is 14.5 Å². The first-order valence-corrected chi connectivity index (χ1v) is 12.5. The van der Waals surface area contributed by atoms with Gasteiger partial charge in [-0.05, 0) is 54.0 Å². The monoisotopic (exact) mass is 542 g/mol. The van der Waals surface area contributed by atoms with Gasteiger partial charge in [-0.1, -0.05) is 30.4 Å². The Bertz CT molecular complexity index is 1810. The zero-order chi connectivity index (χ0) is 28.4. The molecular formula is C30H24F2N4O4. The van der Waals surface area contributed by atoms with Crippen LogP contribution in [-0.4, -0.2) is 25.8 Å². The fraction of sp³-hybridized carbons (Fsp3) is 0.133. The van der Waals surface area contributed by atoms with Crippen LogP contribution >= 0.6 is 0 Å². The molecule has 2 aromatic carbocycles. The van der Waals surface area contributed by atoms with Gasteiger partial charge in [0.05, 0.1) is 17.7 Å². The molecule has 0 fully saturated rings. The van der Waals surface area contributed by atoms with Crippen molar-refractivity contribution in [1.29, 1.82) is 0 Å². The van der Waals surface area contributed by atoms with Crippen molar-refractivity contribution in [2.45, 2.75) is 19.4 Å². The maximum absolute atomic E-state index is 13.6. The zero-order valence-corrected chi connectivity index (χ0v) is 21.4. The first kappa shape index (κ1) is 26.5. The van der Waals surface area contributed by atoms with E-state index in [1.54, 1.807) is 18.3 Å². The van der Waals surface area contributed by atoms with Gasteiger partial charge in [-0.3, -0.25) is 19.0 Å². The number of Topliss-reactive ketones (excluding diaryl/α,β-unsaturated/α-hetero) is 1. The van der Waals surface area contributed by atoms with Crippen LogP contribution in [0.25, 0.3) is 17.7 Å². The second-order valence-corrected chi connectivity index (χ2v) is 9.38. The molecule has 0 bridgehead atoms. The van der Waals surface area contributed by atoms with Gasteiger partial charge in [0.25, 0.3) is 11.5 Å². The van der Waals surface area contributed by atoms with Crippen molar-refractivity contribution in [3.8, 4) is 0 Å². The molecule has 5 rings (SSSR count). The maximum Gasteiger partial charge on any atom is 0.331 e. The predicted molar refractivity (Wildman–Crippen MR) is 148 cm³/mol. The molecule has 4 aromatic rings. The largest absolute Gasteiger partial charge is 0.362 e. The Morgan fingerprint density at radius 1 is 1.02 bits per heavy atom. The molecule has 2 aromatic heterocycles. The van der Waals surface area contributed by atoms with Crippen LogP contribution in [0.5, 0.6) is 0 Å². The lowest BCUT2D eigenvalue weighted by Gasteiger charge is -2.10. The number of anilines is 1. The van der Waals surface area contributed by atoms with E-state index in [9.17, 15) is 28.0 Å². The average molecular weight is 543 g/mol. The van der Waals surface area contributed by atoms with Gasteiger partial charge in [0.1, 0.15) is 0 Å². The Labute approximate surface area is 226 Å². The van der Waals surface area contributed by atoms with Gasteiger partial charge in [-0.15, -0.1) is 0 Å². The average Bonchev–Trinajstić information content (AvgIpc) is 3.56. The van der Waals surface area contributed by atoms with Crippen LogP contribution < -0.4 is 16.6 Å². The summed E-state index contributed by atoms with van der Waals surface area (Å²) < 4.78 is 28.8. The molecule has 202 valence electrons. The molecule has 0 saturated heterocycles. The lowest BCUT2D eigenvalue weighted by atomic mass is 10.0. The van der Waals surface area contributed by atoms with E-state index in [4.69, 9.17) is 0 Å². The summed E-state index contributed by atoms with van der Waals surface area (Å²) in [6, 6.07) is 12.4. The molecule has 0 unspecified atom stereocenters. The molecule has 0 aliphatic carbocycles. The van der Waals surface area contributed by atoms with Crippen molar-refractivity contribution >= 4 is 35.1 Å². The standard InChI is InChI=1S/C30H24F2N4O4/c1-35-17-23(29(39)36(30(35)40)16-19-9-11-24(31)25(32)13-19)27(37)7-3-2-5-18-8-10-21-22(15-20-6-4-12-33-20)28(38)34-26(21)14-18/h2,4-6,8-15,17,33H,3,7,16H2,1H3,(H,34,38)/b5-2+,22-15-. The van der Waals surface area contributed by atoms with Gasteiger partial charge >= 0.3 is 5.69 Å². The number of benzene rings is 2. The minimum Gasteiger partial charge on any atom is -0.362 e. The summed E-state index contributed by atoms with van der Waals surface area (Å²) in [5.41, 5.74) is 2.26. The van der Waals surface area contributed by atoms with E-state index in [-0.39, 0.29) is 30.0 Å². The number of ketones is 1. The summed E-state index contributed by atoms with van der Waals surface area (Å²) in [6.07, 6.45) is 8.70. The number of aromatic amines is 1. The van der Waals surface area contributed by atoms with Gasteiger partial charge < -0.3 is 14.9 Å². The lowest BCUT2D eigenvalue weighted by molar-refractivity contribution is -0.110. The Hall–Kier alpha value is -5.12. The number of fused-ring (bicyclic) bond motifs is 1. The van der Waals surface area contributed by atoms with Crippen molar-refractivity contribution in [2.75, 3.05) is 5.32 Å². The van der Waals surface area contributed by atoms with Crippen molar-refractivity contribution in [3.63, 3.8) is 0 Å². The second-order valence-electron chi connectivity index (χ2n) is 9.38. The molecule has 1 aliphatic rings. The third kappa shape index (κ3) is 5.37. The number of aryl methyl sites for hydroxylation is 1. The Kier molecular flexibility index (Phi) is 7.24. The zero-order valence-electron chi connectivity index (χ0n) is 21.4. The van der Waals surface area contributed by atoms with Crippen LogP contribution in [-0.2, 0) is 18.4 Å². The molecule has 8 nitrogen and oxygen atoms in total. The second kappa shape index (κ2) is 10.9. The van der Waals surface area contributed by atoms with E-state index in [2.05, 4.69) is 10.3 Å². The highest BCUT2D eigenvalue weighted by atomic mass is 19.2. The van der Waals surface area contributed by atoms with Gasteiger partial charge in [0.2, 0.25) is 0 Å². The molecule has 2 N–H and O–H groups in total. The number of H-pyrrole nitrogens is 1. The number of halogens is 2. The Morgan fingerprint density at radius 3 is 2.60 bits per heavy atom. The van der Waals surface area contributed by atoms with Crippen molar-refractivity contribution in [1.82, 2.24) is 14.1 Å². The number of nitrogens with one attached hydrogen (secondary N) is 2. The van der Waals surface area contributed by atoms with E-state index >= 15 is 0 Å². The van der Waals surface area contributed by atoms with Crippen molar-refractivity contribution in [2.24, 2.45) is 7.05 Å². The summed E-state index contributed by atoms with van der Waals surface area (Å²) >= 11 is 0. The molecule has 0 atom stereocenters. The van der Waals surface area contributed by atoms with Gasteiger partial charge in [0, 0.05) is 42.8 Å². The number of hydrogen-bond donors (Lipinski definition) is 2. The molecule has 1 amide bonds. The molecule has 10 heteroatoms. The Morgan fingerprint density at radius 2 is 1.85 bits per heavy atom. The third-order valence-electron chi connectivity index (χ3n) is 6.55. The van der Waals surface area contributed by atoms with Crippen LogP contribution in [0.15, 0.2) is 76.6 Å². The normalized spacial score (nSPS) is 13.7. The van der Waals surface area contributed by atoms with Crippen LogP contribution in [0.3, 0.4) is 0 Å². The molecule has 40 heavy (non-hydrogen) atoms.